The Morgan fingerprint density at radius 2 is 2.18 bits per heavy atom. The van der Waals surface area contributed by atoms with Gasteiger partial charge >= 0.3 is 0 Å². The lowest BCUT2D eigenvalue weighted by atomic mass is 10.0. The van der Waals surface area contributed by atoms with Crippen LogP contribution in [0.1, 0.15) is 25.0 Å². The molecule has 1 atom stereocenters. The second-order valence-electron chi connectivity index (χ2n) is 6.36. The zero-order valence-corrected chi connectivity index (χ0v) is 13.3. The Bertz CT molecular complexity index is 541. The third-order valence-corrected chi connectivity index (χ3v) is 4.63. The van der Waals surface area contributed by atoms with Crippen molar-refractivity contribution in [3.8, 4) is 0 Å². The van der Waals surface area contributed by atoms with Crippen molar-refractivity contribution in [1.29, 1.82) is 0 Å². The predicted octanol–water partition coefficient (Wildman–Crippen LogP) is 0.395. The van der Waals surface area contributed by atoms with Crippen LogP contribution in [0.2, 0.25) is 0 Å². The summed E-state index contributed by atoms with van der Waals surface area (Å²) in [7, 11) is 0. The maximum atomic E-state index is 11.8. The van der Waals surface area contributed by atoms with Gasteiger partial charge in [0.25, 0.3) is 5.56 Å². The topological polar surface area (TPSA) is 59.4 Å². The van der Waals surface area contributed by atoms with E-state index < -0.39 is 0 Å². The third kappa shape index (κ3) is 3.94. The SMILES string of the molecule is Cc1ccc(=O)n(CCN2CCCCC2CNC2COC2)n1. The number of aryl methyl sites for hydroxylation is 1. The van der Waals surface area contributed by atoms with Crippen molar-refractivity contribution in [1.82, 2.24) is 20.0 Å². The van der Waals surface area contributed by atoms with Crippen LogP contribution < -0.4 is 10.9 Å². The average Bonchev–Trinajstić information content (AvgIpc) is 2.48. The minimum Gasteiger partial charge on any atom is -0.378 e. The van der Waals surface area contributed by atoms with Gasteiger partial charge in [-0.2, -0.15) is 5.10 Å². The van der Waals surface area contributed by atoms with Gasteiger partial charge < -0.3 is 10.1 Å². The molecule has 2 aliphatic heterocycles. The molecule has 3 heterocycles. The van der Waals surface area contributed by atoms with Crippen LogP contribution in [-0.2, 0) is 11.3 Å². The molecule has 0 aromatic carbocycles. The summed E-state index contributed by atoms with van der Waals surface area (Å²) in [5, 5.41) is 7.91. The van der Waals surface area contributed by atoms with E-state index in [2.05, 4.69) is 15.3 Å². The highest BCUT2D eigenvalue weighted by Crippen LogP contribution is 2.16. The maximum Gasteiger partial charge on any atom is 0.266 e. The molecule has 2 saturated heterocycles. The van der Waals surface area contributed by atoms with E-state index in [1.165, 1.54) is 19.3 Å². The van der Waals surface area contributed by atoms with Crippen molar-refractivity contribution >= 4 is 0 Å². The first-order chi connectivity index (χ1) is 10.7. The Kier molecular flexibility index (Phi) is 5.23. The molecule has 3 rings (SSSR count). The monoisotopic (exact) mass is 306 g/mol. The van der Waals surface area contributed by atoms with E-state index in [-0.39, 0.29) is 5.56 Å². The Balaban J connectivity index is 1.54. The fourth-order valence-electron chi connectivity index (χ4n) is 3.18. The number of hydrogen-bond donors (Lipinski definition) is 1. The van der Waals surface area contributed by atoms with Crippen LogP contribution in [0.15, 0.2) is 16.9 Å². The van der Waals surface area contributed by atoms with E-state index in [1.807, 2.05) is 6.92 Å². The molecular formula is C16H26N4O2. The van der Waals surface area contributed by atoms with E-state index in [1.54, 1.807) is 16.8 Å². The van der Waals surface area contributed by atoms with Crippen LogP contribution in [0.4, 0.5) is 0 Å². The molecule has 0 spiro atoms. The van der Waals surface area contributed by atoms with E-state index in [4.69, 9.17) is 4.74 Å². The lowest BCUT2D eigenvalue weighted by molar-refractivity contribution is -0.00922. The summed E-state index contributed by atoms with van der Waals surface area (Å²) in [5.41, 5.74) is 0.880. The minimum atomic E-state index is -0.0103. The second kappa shape index (κ2) is 7.35. The van der Waals surface area contributed by atoms with Crippen molar-refractivity contribution < 1.29 is 4.74 Å². The molecule has 0 aliphatic carbocycles. The fourth-order valence-corrected chi connectivity index (χ4v) is 3.18. The summed E-state index contributed by atoms with van der Waals surface area (Å²) in [4.78, 5) is 14.3. The van der Waals surface area contributed by atoms with E-state index in [0.29, 0.717) is 18.6 Å². The molecule has 1 aromatic rings. The molecule has 2 aliphatic rings. The molecule has 122 valence electrons. The molecule has 0 radical (unpaired) electrons. The van der Waals surface area contributed by atoms with E-state index in [9.17, 15) is 4.79 Å². The Labute approximate surface area is 131 Å². The van der Waals surface area contributed by atoms with Crippen molar-refractivity contribution in [2.45, 2.75) is 44.8 Å². The van der Waals surface area contributed by atoms with Gasteiger partial charge in [-0.25, -0.2) is 4.68 Å². The van der Waals surface area contributed by atoms with Crippen LogP contribution >= 0.6 is 0 Å². The van der Waals surface area contributed by atoms with Gasteiger partial charge in [0, 0.05) is 25.2 Å². The average molecular weight is 306 g/mol. The van der Waals surface area contributed by atoms with Crippen LogP contribution in [0.5, 0.6) is 0 Å². The first-order valence-electron chi connectivity index (χ1n) is 8.32. The Morgan fingerprint density at radius 1 is 1.32 bits per heavy atom. The van der Waals surface area contributed by atoms with Gasteiger partial charge in [-0.3, -0.25) is 9.69 Å². The molecule has 1 aromatic heterocycles. The van der Waals surface area contributed by atoms with Crippen LogP contribution in [0.25, 0.3) is 0 Å². The van der Waals surface area contributed by atoms with Gasteiger partial charge in [0.05, 0.1) is 31.5 Å². The highest BCUT2D eigenvalue weighted by Gasteiger charge is 2.25. The molecule has 2 fully saturated rings. The van der Waals surface area contributed by atoms with Crippen LogP contribution in [0.3, 0.4) is 0 Å². The predicted molar refractivity (Wildman–Crippen MR) is 85.1 cm³/mol. The molecule has 0 bridgehead atoms. The fraction of sp³-hybridized carbons (Fsp3) is 0.750. The van der Waals surface area contributed by atoms with Gasteiger partial charge in [0.2, 0.25) is 0 Å². The smallest absolute Gasteiger partial charge is 0.266 e. The Hall–Kier alpha value is -1.24. The number of nitrogens with one attached hydrogen (secondary N) is 1. The summed E-state index contributed by atoms with van der Waals surface area (Å²) in [5.74, 6) is 0. The highest BCUT2D eigenvalue weighted by molar-refractivity contribution is 4.97. The van der Waals surface area contributed by atoms with Gasteiger partial charge in [0.15, 0.2) is 0 Å². The highest BCUT2D eigenvalue weighted by atomic mass is 16.5. The number of aromatic nitrogens is 2. The second-order valence-corrected chi connectivity index (χ2v) is 6.36. The molecular weight excluding hydrogens is 280 g/mol. The summed E-state index contributed by atoms with van der Waals surface area (Å²) < 4.78 is 6.80. The summed E-state index contributed by atoms with van der Waals surface area (Å²) in [6.45, 7) is 7.31. The molecule has 1 N–H and O–H groups in total. The molecule has 0 saturated carbocycles. The number of rotatable bonds is 6. The van der Waals surface area contributed by atoms with Gasteiger partial charge in [-0.15, -0.1) is 0 Å². The molecule has 0 amide bonds. The zero-order chi connectivity index (χ0) is 15.4. The quantitative estimate of drug-likeness (QED) is 0.824. The number of hydrogen-bond acceptors (Lipinski definition) is 5. The largest absolute Gasteiger partial charge is 0.378 e. The maximum absolute atomic E-state index is 11.8. The first-order valence-corrected chi connectivity index (χ1v) is 8.32. The van der Waals surface area contributed by atoms with E-state index in [0.717, 1.165) is 38.5 Å². The first kappa shape index (κ1) is 15.6. The Morgan fingerprint density at radius 3 is 2.95 bits per heavy atom. The summed E-state index contributed by atoms with van der Waals surface area (Å²) in [6, 6.07) is 4.47. The van der Waals surface area contributed by atoms with Crippen molar-refractivity contribution in [2.75, 3.05) is 32.8 Å². The van der Waals surface area contributed by atoms with Gasteiger partial charge in [0.1, 0.15) is 0 Å². The van der Waals surface area contributed by atoms with Crippen LogP contribution in [-0.4, -0.2) is 59.6 Å². The minimum absolute atomic E-state index is 0.0103. The number of likely N-dealkylation sites (tertiary alicyclic amines) is 1. The molecule has 6 nitrogen and oxygen atoms in total. The number of piperidine rings is 1. The lowest BCUT2D eigenvalue weighted by Gasteiger charge is -2.37. The number of ether oxygens (including phenoxy) is 1. The summed E-state index contributed by atoms with van der Waals surface area (Å²) >= 11 is 0. The summed E-state index contributed by atoms with van der Waals surface area (Å²) in [6.07, 6.45) is 3.78. The normalized spacial score (nSPS) is 23.4. The third-order valence-electron chi connectivity index (χ3n) is 4.63. The van der Waals surface area contributed by atoms with Crippen molar-refractivity contribution in [2.24, 2.45) is 0 Å². The van der Waals surface area contributed by atoms with E-state index >= 15 is 0 Å². The number of nitrogens with zero attached hydrogens (tertiary/aromatic N) is 3. The zero-order valence-electron chi connectivity index (χ0n) is 13.3. The standard InChI is InChI=1S/C16H26N4O2/c1-13-5-6-16(21)20(18-13)9-8-19-7-3-2-4-15(19)10-17-14-11-22-12-14/h5-6,14-15,17H,2-4,7-12H2,1H3. The van der Waals surface area contributed by atoms with Gasteiger partial charge in [-0.05, 0) is 32.4 Å². The molecule has 1 unspecified atom stereocenters. The van der Waals surface area contributed by atoms with Crippen molar-refractivity contribution in [3.63, 3.8) is 0 Å². The molecule has 22 heavy (non-hydrogen) atoms. The molecule has 6 heteroatoms. The van der Waals surface area contributed by atoms with Crippen LogP contribution in [0, 0.1) is 6.92 Å². The van der Waals surface area contributed by atoms with Crippen molar-refractivity contribution in [3.05, 3.63) is 28.2 Å². The lowest BCUT2D eigenvalue weighted by Crippen LogP contribution is -2.53. The van der Waals surface area contributed by atoms with Gasteiger partial charge in [-0.1, -0.05) is 6.42 Å².